The van der Waals surface area contributed by atoms with Gasteiger partial charge in [0.25, 0.3) is 0 Å². The molecule has 0 unspecified atom stereocenters. The lowest BCUT2D eigenvalue weighted by Gasteiger charge is -2.12. The molecule has 0 radical (unpaired) electrons. The summed E-state index contributed by atoms with van der Waals surface area (Å²) in [5.74, 6) is -0.210. The van der Waals surface area contributed by atoms with E-state index in [1.165, 1.54) is 48.3 Å². The van der Waals surface area contributed by atoms with Crippen LogP contribution in [0.1, 0.15) is 55.8 Å². The van der Waals surface area contributed by atoms with Crippen molar-refractivity contribution in [3.63, 3.8) is 0 Å². The minimum absolute atomic E-state index is 0.289. The molecule has 4 aromatic carbocycles. The highest BCUT2D eigenvalue weighted by molar-refractivity contribution is 6.09. The lowest BCUT2D eigenvalue weighted by molar-refractivity contribution is 0.0697. The van der Waals surface area contributed by atoms with E-state index in [-0.39, 0.29) is 5.56 Å². The Kier molecular flexibility index (Phi) is 7.06. The number of ether oxygens (including phenoxy) is 1. The van der Waals surface area contributed by atoms with Crippen LogP contribution in [0.5, 0.6) is 5.75 Å². The molecule has 1 N–H and O–H groups in total. The van der Waals surface area contributed by atoms with Gasteiger partial charge in [-0.25, -0.2) is 4.79 Å². The first-order valence-electron chi connectivity index (χ1n) is 11.6. The number of benzene rings is 4. The highest BCUT2D eigenvalue weighted by atomic mass is 16.5. The Bertz CT molecular complexity index is 1230. The molecule has 32 heavy (non-hydrogen) atoms. The average Bonchev–Trinajstić information content (AvgIpc) is 2.82. The van der Waals surface area contributed by atoms with Crippen LogP contribution in [0, 0.1) is 0 Å². The van der Waals surface area contributed by atoms with Crippen LogP contribution in [-0.4, -0.2) is 17.7 Å². The fraction of sp³-hybridized carbons (Fsp3) is 0.276. The zero-order chi connectivity index (χ0) is 22.3. The Morgan fingerprint density at radius 1 is 0.781 bits per heavy atom. The van der Waals surface area contributed by atoms with Crippen LogP contribution in [0.25, 0.3) is 32.7 Å². The summed E-state index contributed by atoms with van der Waals surface area (Å²) >= 11 is 0. The Labute approximate surface area is 189 Å². The molecule has 0 amide bonds. The van der Waals surface area contributed by atoms with Gasteiger partial charge < -0.3 is 9.84 Å². The summed E-state index contributed by atoms with van der Waals surface area (Å²) in [6.07, 6.45) is 7.25. The van der Waals surface area contributed by atoms with Gasteiger partial charge in [-0.2, -0.15) is 0 Å². The molecule has 4 rings (SSSR count). The van der Waals surface area contributed by atoms with Gasteiger partial charge in [0, 0.05) is 0 Å². The number of fused-ring (bicyclic) bond motifs is 3. The van der Waals surface area contributed by atoms with E-state index in [9.17, 15) is 9.90 Å². The summed E-state index contributed by atoms with van der Waals surface area (Å²) in [7, 11) is 0. The van der Waals surface area contributed by atoms with Crippen molar-refractivity contribution in [1.29, 1.82) is 0 Å². The predicted octanol–water partition coefficient (Wildman–Crippen LogP) is 8.10. The predicted molar refractivity (Wildman–Crippen MR) is 133 cm³/mol. The number of aromatic carboxylic acids is 1. The lowest BCUT2D eigenvalue weighted by Crippen LogP contribution is -2.02. The molecule has 0 saturated carbocycles. The van der Waals surface area contributed by atoms with Crippen molar-refractivity contribution in [3.8, 4) is 16.9 Å². The Morgan fingerprint density at radius 2 is 1.53 bits per heavy atom. The highest BCUT2D eigenvalue weighted by Crippen LogP contribution is 2.33. The lowest BCUT2D eigenvalue weighted by atomic mass is 9.95. The number of rotatable bonds is 10. The van der Waals surface area contributed by atoms with Gasteiger partial charge in [-0.3, -0.25) is 0 Å². The summed E-state index contributed by atoms with van der Waals surface area (Å²) in [6.45, 7) is 2.88. The van der Waals surface area contributed by atoms with Gasteiger partial charge in [0.05, 0.1) is 12.2 Å². The number of unbranched alkanes of at least 4 members (excludes halogenated alkanes) is 5. The van der Waals surface area contributed by atoms with Gasteiger partial charge in [-0.05, 0) is 63.4 Å². The van der Waals surface area contributed by atoms with Crippen LogP contribution in [0.15, 0.2) is 72.8 Å². The third kappa shape index (κ3) is 4.94. The van der Waals surface area contributed by atoms with Gasteiger partial charge in [0.2, 0.25) is 0 Å². The van der Waals surface area contributed by atoms with Crippen LogP contribution >= 0.6 is 0 Å². The second-order valence-corrected chi connectivity index (χ2v) is 8.35. The topological polar surface area (TPSA) is 46.5 Å². The summed E-state index contributed by atoms with van der Waals surface area (Å²) in [5.41, 5.74) is 1.86. The van der Waals surface area contributed by atoms with Crippen LogP contribution in [-0.2, 0) is 0 Å². The third-order valence-corrected chi connectivity index (χ3v) is 6.04. The van der Waals surface area contributed by atoms with Gasteiger partial charge in [0.15, 0.2) is 0 Å². The molecular formula is C29H30O3. The summed E-state index contributed by atoms with van der Waals surface area (Å²) in [4.78, 5) is 11.9. The SMILES string of the molecule is CCCCCCCCOc1ccc(C(=O)O)c(-c2ccc3c(ccc4ccccc43)c2)c1. The molecule has 3 nitrogen and oxygen atoms in total. The van der Waals surface area contributed by atoms with E-state index in [2.05, 4.69) is 43.3 Å². The standard InChI is InChI=1S/C29H30O3/c1-2-3-4-5-6-9-18-32-24-15-17-27(29(30)31)28(20-24)23-14-16-26-22(19-23)13-12-21-10-7-8-11-25(21)26/h7-8,10-17,19-20H,2-6,9,18H2,1H3,(H,30,31). The second-order valence-electron chi connectivity index (χ2n) is 8.35. The monoisotopic (exact) mass is 426 g/mol. The molecule has 0 spiro atoms. The zero-order valence-corrected chi connectivity index (χ0v) is 18.6. The maximum absolute atomic E-state index is 11.9. The highest BCUT2D eigenvalue weighted by Gasteiger charge is 2.14. The first kappa shape index (κ1) is 21.9. The van der Waals surface area contributed by atoms with E-state index in [1.807, 2.05) is 24.3 Å². The van der Waals surface area contributed by atoms with Crippen molar-refractivity contribution < 1.29 is 14.6 Å². The average molecular weight is 427 g/mol. The van der Waals surface area contributed by atoms with Crippen molar-refractivity contribution >= 4 is 27.5 Å². The first-order valence-corrected chi connectivity index (χ1v) is 11.6. The molecular weight excluding hydrogens is 396 g/mol. The van der Waals surface area contributed by atoms with Crippen molar-refractivity contribution in [2.75, 3.05) is 6.61 Å². The van der Waals surface area contributed by atoms with E-state index in [0.29, 0.717) is 12.2 Å². The molecule has 0 heterocycles. The Morgan fingerprint density at radius 3 is 2.38 bits per heavy atom. The van der Waals surface area contributed by atoms with Crippen LogP contribution in [0.3, 0.4) is 0 Å². The second kappa shape index (κ2) is 10.3. The molecule has 0 aromatic heterocycles. The summed E-state index contributed by atoms with van der Waals surface area (Å²) < 4.78 is 5.96. The number of carbonyl (C=O) groups is 1. The van der Waals surface area contributed by atoms with E-state index in [4.69, 9.17) is 4.74 Å². The molecule has 4 aromatic rings. The fourth-order valence-corrected chi connectivity index (χ4v) is 4.29. The van der Waals surface area contributed by atoms with Crippen molar-refractivity contribution in [3.05, 3.63) is 78.4 Å². The van der Waals surface area contributed by atoms with Gasteiger partial charge >= 0.3 is 5.97 Å². The molecule has 0 aliphatic heterocycles. The smallest absolute Gasteiger partial charge is 0.336 e. The van der Waals surface area contributed by atoms with Crippen LogP contribution in [0.4, 0.5) is 0 Å². The Balaban J connectivity index is 1.58. The van der Waals surface area contributed by atoms with E-state index >= 15 is 0 Å². The normalized spacial score (nSPS) is 11.2. The number of carboxylic acids is 1. The van der Waals surface area contributed by atoms with Crippen LogP contribution < -0.4 is 4.74 Å². The molecule has 0 atom stereocenters. The zero-order valence-electron chi connectivity index (χ0n) is 18.6. The summed E-state index contributed by atoms with van der Waals surface area (Å²) in [6, 6.07) is 24.0. The van der Waals surface area contributed by atoms with Crippen molar-refractivity contribution in [1.82, 2.24) is 0 Å². The molecule has 0 fully saturated rings. The van der Waals surface area contributed by atoms with Gasteiger partial charge in [0.1, 0.15) is 5.75 Å². The first-order chi connectivity index (χ1) is 15.7. The number of hydrogen-bond acceptors (Lipinski definition) is 2. The molecule has 0 bridgehead atoms. The number of hydrogen-bond donors (Lipinski definition) is 1. The number of carboxylic acid groups (broad SMARTS) is 1. The third-order valence-electron chi connectivity index (χ3n) is 6.04. The quantitative estimate of drug-likeness (QED) is 0.206. The largest absolute Gasteiger partial charge is 0.494 e. The van der Waals surface area contributed by atoms with Gasteiger partial charge in [-0.15, -0.1) is 0 Å². The maximum atomic E-state index is 11.9. The summed E-state index contributed by atoms with van der Waals surface area (Å²) in [5, 5.41) is 14.4. The molecule has 0 aliphatic carbocycles. The van der Waals surface area contributed by atoms with Gasteiger partial charge in [-0.1, -0.05) is 87.6 Å². The minimum Gasteiger partial charge on any atom is -0.494 e. The molecule has 0 aliphatic rings. The van der Waals surface area contributed by atoms with E-state index in [0.717, 1.165) is 23.1 Å². The Hall–Kier alpha value is -3.33. The maximum Gasteiger partial charge on any atom is 0.336 e. The van der Waals surface area contributed by atoms with Crippen molar-refractivity contribution in [2.45, 2.75) is 45.4 Å². The van der Waals surface area contributed by atoms with E-state index < -0.39 is 5.97 Å². The minimum atomic E-state index is -0.930. The molecule has 3 heteroatoms. The molecule has 164 valence electrons. The molecule has 0 saturated heterocycles. The van der Waals surface area contributed by atoms with Crippen LogP contribution in [0.2, 0.25) is 0 Å². The van der Waals surface area contributed by atoms with Crippen molar-refractivity contribution in [2.24, 2.45) is 0 Å². The van der Waals surface area contributed by atoms with E-state index in [1.54, 1.807) is 12.1 Å². The fourth-order valence-electron chi connectivity index (χ4n) is 4.29.